The summed E-state index contributed by atoms with van der Waals surface area (Å²) in [4.78, 5) is 0. The molecule has 4 aliphatic carbocycles. The van der Waals surface area contributed by atoms with E-state index in [1.54, 1.807) is 103 Å². The van der Waals surface area contributed by atoms with Crippen LogP contribution in [-0.2, 0) is 0 Å². The fraction of sp³-hybridized carbons (Fsp3) is 1.00. The zero-order valence-corrected chi connectivity index (χ0v) is 28.1. The van der Waals surface area contributed by atoms with Crippen LogP contribution in [0, 0.1) is 0 Å². The summed E-state index contributed by atoms with van der Waals surface area (Å²) >= 11 is 0. The predicted molar refractivity (Wildman–Crippen MR) is 172 cm³/mol. The molecule has 0 bridgehead atoms. The minimum Gasteiger partial charge on any atom is -0.0882 e. The van der Waals surface area contributed by atoms with Crippen LogP contribution in [0.5, 0.6) is 0 Å². The molecular weight excluding hydrogens is 489 g/mol. The molecule has 0 heterocycles. The van der Waals surface area contributed by atoms with Crippen LogP contribution in [0.15, 0.2) is 0 Å². The molecule has 0 aromatic carbocycles. The molecule has 4 rings (SSSR count). The van der Waals surface area contributed by atoms with Gasteiger partial charge in [-0.15, -0.1) is 0 Å². The Hall–Kier alpha value is 1.29. The van der Waals surface area contributed by atoms with Crippen molar-refractivity contribution < 1.29 is 0 Å². The van der Waals surface area contributed by atoms with E-state index in [2.05, 4.69) is 41.5 Å². The average molecular weight is 553 g/mol. The summed E-state index contributed by atoms with van der Waals surface area (Å²) in [6.07, 6.45) is 31.4. The molecule has 0 atom stereocenters. The maximum atomic E-state index is 2.70. The molecule has 0 amide bonds. The molecule has 0 saturated heterocycles. The van der Waals surface area contributed by atoms with E-state index in [9.17, 15) is 0 Å². The molecule has 0 aromatic heterocycles. The lowest BCUT2D eigenvalue weighted by Crippen LogP contribution is -2.38. The topological polar surface area (TPSA) is 0 Å². The van der Waals surface area contributed by atoms with E-state index in [4.69, 9.17) is 0 Å². The van der Waals surface area contributed by atoms with Crippen molar-refractivity contribution in [3.8, 4) is 0 Å². The summed E-state index contributed by atoms with van der Waals surface area (Å²) in [7, 11) is 0.254. The molecular formula is C33H63P3. The molecule has 4 saturated carbocycles. The first-order chi connectivity index (χ1) is 17.2. The molecule has 4 aliphatic rings. The third-order valence-corrected chi connectivity index (χ3v) is 24.6. The zero-order valence-electron chi connectivity index (χ0n) is 25.4. The second-order valence-corrected chi connectivity index (χ2v) is 26.0. The van der Waals surface area contributed by atoms with E-state index >= 15 is 0 Å². The summed E-state index contributed by atoms with van der Waals surface area (Å²) in [5.41, 5.74) is 4.48. The van der Waals surface area contributed by atoms with Crippen LogP contribution in [-0.4, -0.2) is 38.1 Å². The first-order valence-corrected chi connectivity index (χ1v) is 21.0. The van der Waals surface area contributed by atoms with Gasteiger partial charge in [-0.1, -0.05) is 142 Å². The molecule has 0 unspecified atom stereocenters. The van der Waals surface area contributed by atoms with Crippen molar-refractivity contribution in [3.05, 3.63) is 0 Å². The first-order valence-electron chi connectivity index (χ1n) is 16.5. The second-order valence-electron chi connectivity index (χ2n) is 15.1. The monoisotopic (exact) mass is 552 g/mol. The molecule has 36 heavy (non-hydrogen) atoms. The van der Waals surface area contributed by atoms with Gasteiger partial charge in [0.2, 0.25) is 0 Å². The third kappa shape index (κ3) is 7.72. The summed E-state index contributed by atoms with van der Waals surface area (Å²) in [5, 5.41) is 2.10. The van der Waals surface area contributed by atoms with Crippen molar-refractivity contribution >= 4 is 23.8 Å². The van der Waals surface area contributed by atoms with Gasteiger partial charge in [0.05, 0.1) is 0 Å². The van der Waals surface area contributed by atoms with Gasteiger partial charge in [0, 0.05) is 5.14 Å². The molecule has 210 valence electrons. The first kappa shape index (κ1) is 30.3. The zero-order chi connectivity index (χ0) is 25.8. The molecule has 0 N–H and O–H groups in total. The summed E-state index contributed by atoms with van der Waals surface area (Å²) in [5.74, 6) is 0. The highest BCUT2D eigenvalue weighted by Crippen LogP contribution is 2.85. The van der Waals surface area contributed by atoms with E-state index < -0.39 is 0 Å². The predicted octanol–water partition coefficient (Wildman–Crippen LogP) is 12.6. The molecule has 4 fully saturated rings. The van der Waals surface area contributed by atoms with E-state index in [1.165, 1.54) is 25.7 Å². The van der Waals surface area contributed by atoms with Gasteiger partial charge in [0.1, 0.15) is 0 Å². The Kier molecular flexibility index (Phi) is 11.6. The Morgan fingerprint density at radius 3 is 0.806 bits per heavy atom. The van der Waals surface area contributed by atoms with Crippen molar-refractivity contribution in [1.29, 1.82) is 0 Å². The summed E-state index contributed by atoms with van der Waals surface area (Å²) in [6.45, 7) is 16.2. The fourth-order valence-electron chi connectivity index (χ4n) is 8.99. The van der Waals surface area contributed by atoms with Crippen LogP contribution >= 0.6 is 23.8 Å². The van der Waals surface area contributed by atoms with Crippen molar-refractivity contribution in [2.24, 2.45) is 0 Å². The fourth-order valence-corrected chi connectivity index (χ4v) is 31.0. The molecule has 0 nitrogen and oxygen atoms in total. The molecule has 0 radical (unpaired) electrons. The SMILES string of the molecule is CC(C)(C)P(C(P(C1CCCCC1)C1CCCCC1)P(C1CCCCC1)C1CCCCC1)C(C)(C)C. The highest BCUT2D eigenvalue weighted by molar-refractivity contribution is 7.93. The van der Waals surface area contributed by atoms with Crippen LogP contribution in [0.3, 0.4) is 0 Å². The Labute approximate surface area is 231 Å². The van der Waals surface area contributed by atoms with Crippen molar-refractivity contribution in [1.82, 2.24) is 0 Å². The summed E-state index contributed by atoms with van der Waals surface area (Å²) < 4.78 is 0. The Balaban J connectivity index is 1.84. The van der Waals surface area contributed by atoms with E-state index in [-0.39, 0.29) is 23.8 Å². The lowest BCUT2D eigenvalue weighted by Gasteiger charge is -2.58. The third-order valence-electron chi connectivity index (χ3n) is 10.2. The van der Waals surface area contributed by atoms with E-state index in [0.29, 0.717) is 10.3 Å². The van der Waals surface area contributed by atoms with Crippen LogP contribution in [0.1, 0.15) is 170 Å². The van der Waals surface area contributed by atoms with Crippen LogP contribution < -0.4 is 0 Å². The van der Waals surface area contributed by atoms with Crippen molar-refractivity contribution in [2.45, 2.75) is 208 Å². The van der Waals surface area contributed by atoms with Crippen LogP contribution in [0.2, 0.25) is 0 Å². The van der Waals surface area contributed by atoms with Crippen LogP contribution in [0.25, 0.3) is 0 Å². The van der Waals surface area contributed by atoms with Crippen molar-refractivity contribution in [3.63, 3.8) is 0 Å². The normalized spacial score (nSPS) is 25.5. The number of hydrogen-bond donors (Lipinski definition) is 0. The Morgan fingerprint density at radius 1 is 0.389 bits per heavy atom. The minimum atomic E-state index is -0.0265. The Bertz CT molecular complexity index is 532. The van der Waals surface area contributed by atoms with Crippen LogP contribution in [0.4, 0.5) is 0 Å². The highest BCUT2D eigenvalue weighted by atomic mass is 31.2. The maximum Gasteiger partial charge on any atom is 0.0213 e. The molecule has 0 aliphatic heterocycles. The largest absolute Gasteiger partial charge is 0.0882 e. The molecule has 3 heteroatoms. The summed E-state index contributed by atoms with van der Waals surface area (Å²) in [6, 6.07) is 0. The average Bonchev–Trinajstić information content (AvgIpc) is 2.85. The second kappa shape index (κ2) is 13.8. The minimum absolute atomic E-state index is 0.0265. The molecule has 0 aromatic rings. The van der Waals surface area contributed by atoms with Gasteiger partial charge in [-0.25, -0.2) is 0 Å². The quantitative estimate of drug-likeness (QED) is 0.276. The Morgan fingerprint density at radius 2 is 0.611 bits per heavy atom. The van der Waals surface area contributed by atoms with Crippen molar-refractivity contribution in [2.75, 3.05) is 0 Å². The molecule has 0 spiro atoms. The van der Waals surface area contributed by atoms with Gasteiger partial charge in [-0.3, -0.25) is 0 Å². The number of rotatable bonds is 7. The van der Waals surface area contributed by atoms with E-state index in [1.807, 2.05) is 0 Å². The highest BCUT2D eigenvalue weighted by Gasteiger charge is 2.52. The van der Waals surface area contributed by atoms with E-state index in [0.717, 1.165) is 27.8 Å². The van der Waals surface area contributed by atoms with Gasteiger partial charge < -0.3 is 0 Å². The van der Waals surface area contributed by atoms with Gasteiger partial charge in [0.25, 0.3) is 0 Å². The lowest BCUT2D eigenvalue weighted by molar-refractivity contribution is 0.479. The smallest absolute Gasteiger partial charge is 0.0213 e. The van der Waals surface area contributed by atoms with Gasteiger partial charge in [-0.2, -0.15) is 0 Å². The lowest BCUT2D eigenvalue weighted by atomic mass is 9.99. The number of hydrogen-bond acceptors (Lipinski definition) is 0. The maximum absolute atomic E-state index is 2.70. The standard InChI is InChI=1S/C33H63P3/c1-32(2,3)36(33(4,5)6)31(34(27-19-11-7-12-20-27)28-21-13-8-14-22-28)35(29-23-15-9-16-24-29)30-25-17-10-18-26-30/h27-31H,7-26H2,1-6H3. The van der Waals surface area contributed by atoms with Gasteiger partial charge >= 0.3 is 0 Å². The van der Waals surface area contributed by atoms with Gasteiger partial charge in [0.15, 0.2) is 0 Å². The van der Waals surface area contributed by atoms with Gasteiger partial charge in [-0.05, 0) is 84.3 Å².